The second kappa shape index (κ2) is 9.92. The van der Waals surface area contributed by atoms with E-state index in [0.29, 0.717) is 5.75 Å². The van der Waals surface area contributed by atoms with E-state index in [0.717, 1.165) is 54.4 Å². The highest BCUT2D eigenvalue weighted by Crippen LogP contribution is 2.35. The summed E-state index contributed by atoms with van der Waals surface area (Å²) in [5, 5.41) is 0. The van der Waals surface area contributed by atoms with Gasteiger partial charge in [0.2, 0.25) is 0 Å². The van der Waals surface area contributed by atoms with E-state index in [-0.39, 0.29) is 0 Å². The molecule has 4 heteroatoms. The van der Waals surface area contributed by atoms with Gasteiger partial charge in [0.15, 0.2) is 23.0 Å². The highest BCUT2D eigenvalue weighted by molar-refractivity contribution is 5.48. The van der Waals surface area contributed by atoms with Gasteiger partial charge in [0.25, 0.3) is 0 Å². The Morgan fingerprint density at radius 3 is 1.88 bits per heavy atom. The molecule has 4 aliphatic rings. The van der Waals surface area contributed by atoms with Crippen molar-refractivity contribution in [1.82, 2.24) is 0 Å². The van der Waals surface area contributed by atoms with Crippen molar-refractivity contribution >= 4 is 0 Å². The summed E-state index contributed by atoms with van der Waals surface area (Å²) < 4.78 is 23.6. The lowest BCUT2D eigenvalue weighted by Crippen LogP contribution is -1.98. The zero-order valence-corrected chi connectivity index (χ0v) is 19.5. The molecule has 4 heterocycles. The molecule has 0 saturated carbocycles. The Hall–Kier alpha value is -3.92. The Kier molecular flexibility index (Phi) is 6.39. The van der Waals surface area contributed by atoms with Crippen LogP contribution in [0.1, 0.15) is 22.3 Å². The summed E-state index contributed by atoms with van der Waals surface area (Å²) in [6.45, 7) is 0. The predicted molar refractivity (Wildman–Crippen MR) is 134 cm³/mol. The number of hydrogen-bond acceptors (Lipinski definition) is 4. The van der Waals surface area contributed by atoms with Crippen LogP contribution in [0.3, 0.4) is 0 Å². The Labute approximate surface area is 200 Å². The van der Waals surface area contributed by atoms with Gasteiger partial charge in [0.1, 0.15) is 11.5 Å². The van der Waals surface area contributed by atoms with Gasteiger partial charge < -0.3 is 18.9 Å². The zero-order valence-electron chi connectivity index (χ0n) is 19.5. The minimum atomic E-state index is 0.716. The molecular weight excluding hydrogens is 424 g/mol. The Balaban J connectivity index is 1.51. The number of benzene rings is 4. The molecular formula is C30H28O4. The van der Waals surface area contributed by atoms with E-state index >= 15 is 0 Å². The normalized spacial score (nSPS) is 13.0. The summed E-state index contributed by atoms with van der Waals surface area (Å²) in [6.07, 6.45) is 3.58. The van der Waals surface area contributed by atoms with Gasteiger partial charge in [-0.25, -0.2) is 0 Å². The monoisotopic (exact) mass is 452 g/mol. The number of rotatable bonds is 2. The van der Waals surface area contributed by atoms with Gasteiger partial charge >= 0.3 is 0 Å². The lowest BCUT2D eigenvalue weighted by atomic mass is 10.0. The van der Waals surface area contributed by atoms with Gasteiger partial charge in [0, 0.05) is 0 Å². The molecule has 0 spiro atoms. The molecule has 0 fully saturated rings. The first-order chi connectivity index (χ1) is 16.7. The van der Waals surface area contributed by atoms with E-state index < -0.39 is 0 Å². The summed E-state index contributed by atoms with van der Waals surface area (Å²) in [5.74, 6) is 4.50. The first-order valence-electron chi connectivity index (χ1n) is 11.6. The number of hydrogen-bond donors (Lipinski definition) is 0. The van der Waals surface area contributed by atoms with Crippen LogP contribution in [0.5, 0.6) is 34.5 Å². The number of ether oxygens (including phenoxy) is 4. The molecule has 8 bridgehead atoms. The fourth-order valence-electron chi connectivity index (χ4n) is 4.23. The third kappa shape index (κ3) is 5.01. The minimum absolute atomic E-state index is 0.716. The molecule has 172 valence electrons. The second-order valence-electron chi connectivity index (χ2n) is 8.47. The van der Waals surface area contributed by atoms with Crippen LogP contribution in [-0.4, -0.2) is 14.2 Å². The first-order valence-corrected chi connectivity index (χ1v) is 11.6. The maximum atomic E-state index is 6.21. The van der Waals surface area contributed by atoms with E-state index in [2.05, 4.69) is 48.5 Å². The molecule has 0 aliphatic carbocycles. The van der Waals surface area contributed by atoms with Crippen LogP contribution >= 0.6 is 0 Å². The Morgan fingerprint density at radius 1 is 0.500 bits per heavy atom. The Bertz CT molecular complexity index is 1280. The van der Waals surface area contributed by atoms with Crippen LogP contribution in [-0.2, 0) is 25.7 Å². The van der Waals surface area contributed by atoms with E-state index in [1.54, 1.807) is 14.2 Å². The van der Waals surface area contributed by atoms with Crippen LogP contribution in [0.15, 0.2) is 84.9 Å². The van der Waals surface area contributed by atoms with Crippen LogP contribution in [0, 0.1) is 0 Å². The molecule has 0 radical (unpaired) electrons. The highest BCUT2D eigenvalue weighted by atomic mass is 16.5. The van der Waals surface area contributed by atoms with Gasteiger partial charge in [-0.05, 0) is 96.5 Å². The summed E-state index contributed by atoms with van der Waals surface area (Å²) in [7, 11) is 3.35. The number of methoxy groups -OCH3 is 2. The lowest BCUT2D eigenvalue weighted by Gasteiger charge is -2.14. The number of aryl methyl sites for hydroxylation is 4. The van der Waals surface area contributed by atoms with Gasteiger partial charge in [-0.1, -0.05) is 36.4 Å². The van der Waals surface area contributed by atoms with Gasteiger partial charge in [-0.2, -0.15) is 0 Å². The predicted octanol–water partition coefficient (Wildman–Crippen LogP) is 7.17. The van der Waals surface area contributed by atoms with Crippen molar-refractivity contribution in [3.63, 3.8) is 0 Å². The van der Waals surface area contributed by atoms with Crippen molar-refractivity contribution in [3.05, 3.63) is 107 Å². The minimum Gasteiger partial charge on any atom is -0.493 e. The first kappa shape index (κ1) is 21.9. The molecule has 0 N–H and O–H groups in total. The van der Waals surface area contributed by atoms with Crippen molar-refractivity contribution in [2.75, 3.05) is 14.2 Å². The fraction of sp³-hybridized carbons (Fsp3) is 0.200. The molecule has 0 unspecified atom stereocenters. The average molecular weight is 453 g/mol. The van der Waals surface area contributed by atoms with Gasteiger partial charge in [-0.3, -0.25) is 0 Å². The van der Waals surface area contributed by atoms with E-state index in [1.807, 2.05) is 36.4 Å². The molecule has 4 aliphatic heterocycles. The largest absolute Gasteiger partial charge is 0.493 e. The van der Waals surface area contributed by atoms with Crippen molar-refractivity contribution in [2.45, 2.75) is 25.7 Å². The van der Waals surface area contributed by atoms with Crippen LogP contribution < -0.4 is 18.9 Å². The van der Waals surface area contributed by atoms with Crippen molar-refractivity contribution in [1.29, 1.82) is 0 Å². The quantitative estimate of drug-likeness (QED) is 0.323. The molecule has 8 rings (SSSR count). The van der Waals surface area contributed by atoms with Crippen molar-refractivity contribution in [3.8, 4) is 34.5 Å². The molecule has 0 amide bonds. The molecule has 34 heavy (non-hydrogen) atoms. The van der Waals surface area contributed by atoms with Crippen molar-refractivity contribution < 1.29 is 18.9 Å². The standard InChI is InChI=1S/C30H28O4/c1-31-27-16-12-24-9-8-23-13-17-28(29(19-23)32-2)34-26-5-3-4-22(18-26)7-6-21-10-14-25(15-11-21)33-30(27)20-24/h3-5,10-20H,6-9H2,1-2H3. The maximum Gasteiger partial charge on any atom is 0.169 e. The van der Waals surface area contributed by atoms with Crippen LogP contribution in [0.25, 0.3) is 0 Å². The molecule has 4 aromatic carbocycles. The second-order valence-corrected chi connectivity index (χ2v) is 8.47. The van der Waals surface area contributed by atoms with E-state index in [9.17, 15) is 0 Å². The SMILES string of the molecule is COc1cc2ccc1Oc1cccc(c1)CCc1ccc(cc1)Oc1cc(ccc1OC)CC2. The molecule has 0 aromatic heterocycles. The molecule has 4 nitrogen and oxygen atoms in total. The molecule has 0 saturated heterocycles. The fourth-order valence-corrected chi connectivity index (χ4v) is 4.23. The smallest absolute Gasteiger partial charge is 0.169 e. The molecule has 4 aromatic rings. The zero-order chi connectivity index (χ0) is 23.3. The highest BCUT2D eigenvalue weighted by Gasteiger charge is 2.11. The lowest BCUT2D eigenvalue weighted by molar-refractivity contribution is 0.378. The van der Waals surface area contributed by atoms with E-state index in [1.165, 1.54) is 22.3 Å². The van der Waals surface area contributed by atoms with Crippen molar-refractivity contribution in [2.24, 2.45) is 0 Å². The van der Waals surface area contributed by atoms with Crippen LogP contribution in [0.4, 0.5) is 0 Å². The summed E-state index contributed by atoms with van der Waals surface area (Å²) in [6, 6.07) is 28.8. The summed E-state index contributed by atoms with van der Waals surface area (Å²) >= 11 is 0. The van der Waals surface area contributed by atoms with E-state index in [4.69, 9.17) is 18.9 Å². The van der Waals surface area contributed by atoms with Crippen LogP contribution in [0.2, 0.25) is 0 Å². The average Bonchev–Trinajstić information content (AvgIpc) is 2.87. The third-order valence-corrected chi connectivity index (χ3v) is 6.14. The molecule has 0 atom stereocenters. The summed E-state index contributed by atoms with van der Waals surface area (Å²) in [4.78, 5) is 0. The summed E-state index contributed by atoms with van der Waals surface area (Å²) in [5.41, 5.74) is 4.84. The van der Waals surface area contributed by atoms with Gasteiger partial charge in [-0.15, -0.1) is 0 Å². The third-order valence-electron chi connectivity index (χ3n) is 6.14. The van der Waals surface area contributed by atoms with Gasteiger partial charge in [0.05, 0.1) is 14.2 Å². The Morgan fingerprint density at radius 2 is 1.12 bits per heavy atom. The maximum absolute atomic E-state index is 6.21. The topological polar surface area (TPSA) is 36.9 Å².